The van der Waals surface area contributed by atoms with Gasteiger partial charge in [0.1, 0.15) is 4.90 Å². The van der Waals surface area contributed by atoms with E-state index >= 15 is 0 Å². The van der Waals surface area contributed by atoms with Crippen molar-refractivity contribution in [3.63, 3.8) is 0 Å². The summed E-state index contributed by atoms with van der Waals surface area (Å²) in [5, 5.41) is 11.5. The Morgan fingerprint density at radius 2 is 2.16 bits per heavy atom. The summed E-state index contributed by atoms with van der Waals surface area (Å²) in [5.74, 6) is -0.368. The van der Waals surface area contributed by atoms with E-state index in [2.05, 4.69) is 30.8 Å². The number of sulfonamides is 1. The highest BCUT2D eigenvalue weighted by Gasteiger charge is 2.26. The van der Waals surface area contributed by atoms with Crippen LogP contribution >= 0.6 is 15.9 Å². The molecule has 4 N–H and O–H groups in total. The van der Waals surface area contributed by atoms with Crippen molar-refractivity contribution >= 4 is 31.8 Å². The van der Waals surface area contributed by atoms with Crippen LogP contribution in [0.25, 0.3) is 0 Å². The van der Waals surface area contributed by atoms with Crippen molar-refractivity contribution in [1.29, 1.82) is 0 Å². The van der Waals surface area contributed by atoms with Gasteiger partial charge in [0, 0.05) is 16.9 Å². The fourth-order valence-electron chi connectivity index (χ4n) is 1.37. The predicted octanol–water partition coefficient (Wildman–Crippen LogP) is 0.893. The Morgan fingerprint density at radius 1 is 1.53 bits per heavy atom. The molecule has 0 radical (unpaired) electrons. The molecule has 0 spiro atoms. The summed E-state index contributed by atoms with van der Waals surface area (Å²) >= 11 is 3.15. The number of oxime groups is 1. The number of halogens is 1. The van der Waals surface area contributed by atoms with Crippen molar-refractivity contribution in [2.24, 2.45) is 16.8 Å². The zero-order valence-electron chi connectivity index (χ0n) is 10.4. The monoisotopic (exact) mass is 350 g/mol. The first-order valence-electron chi connectivity index (χ1n) is 5.38. The lowest BCUT2D eigenvalue weighted by atomic mass is 10.1. The van der Waals surface area contributed by atoms with Crippen molar-refractivity contribution < 1.29 is 13.6 Å². The van der Waals surface area contributed by atoms with Crippen LogP contribution in [-0.4, -0.2) is 30.5 Å². The second-order valence-corrected chi connectivity index (χ2v) is 6.84. The minimum atomic E-state index is -3.80. The van der Waals surface area contributed by atoms with Crippen molar-refractivity contribution in [3.05, 3.63) is 22.9 Å². The average Bonchev–Trinajstić information content (AvgIpc) is 2.35. The van der Waals surface area contributed by atoms with Crippen LogP contribution in [0.5, 0.6) is 0 Å². The summed E-state index contributed by atoms with van der Waals surface area (Å²) in [5.41, 5.74) is 5.48. The van der Waals surface area contributed by atoms with Gasteiger partial charge in [-0.25, -0.2) is 13.1 Å². The Balaban J connectivity index is 3.08. The van der Waals surface area contributed by atoms with Gasteiger partial charge < -0.3 is 10.9 Å². The van der Waals surface area contributed by atoms with Crippen LogP contribution in [-0.2, 0) is 10.0 Å². The zero-order valence-corrected chi connectivity index (χ0v) is 12.8. The zero-order chi connectivity index (χ0) is 14.6. The van der Waals surface area contributed by atoms with E-state index in [1.807, 2.05) is 0 Å². The molecule has 0 aliphatic rings. The van der Waals surface area contributed by atoms with Gasteiger partial charge in [-0.1, -0.05) is 19.0 Å². The maximum Gasteiger partial charge on any atom is 0.242 e. The standard InChI is InChI=1S/C10H15BrN4O3S/c1-6(2)9(10(12)14-16)15-19(17,18)8-3-7(11)4-13-5-8/h3-6,9,15-16H,1-2H3,(H2,12,14). The molecule has 106 valence electrons. The maximum atomic E-state index is 12.2. The molecule has 19 heavy (non-hydrogen) atoms. The predicted molar refractivity (Wildman–Crippen MR) is 74.3 cm³/mol. The van der Waals surface area contributed by atoms with Gasteiger partial charge in [0.2, 0.25) is 10.0 Å². The molecule has 0 bridgehead atoms. The maximum absolute atomic E-state index is 12.2. The molecule has 0 aliphatic heterocycles. The molecular formula is C10H15BrN4O3S. The van der Waals surface area contributed by atoms with E-state index in [9.17, 15) is 8.42 Å². The minimum absolute atomic E-state index is 0.00161. The van der Waals surface area contributed by atoms with E-state index in [1.54, 1.807) is 13.8 Å². The first-order valence-corrected chi connectivity index (χ1v) is 7.66. The van der Waals surface area contributed by atoms with Crippen LogP contribution in [0.4, 0.5) is 0 Å². The number of pyridine rings is 1. The minimum Gasteiger partial charge on any atom is -0.409 e. The Hall–Kier alpha value is -1.19. The van der Waals surface area contributed by atoms with Crippen LogP contribution in [0.2, 0.25) is 0 Å². The van der Waals surface area contributed by atoms with E-state index in [0.29, 0.717) is 4.47 Å². The third-order valence-corrected chi connectivity index (χ3v) is 4.21. The number of rotatable bonds is 5. The number of nitrogens with one attached hydrogen (secondary N) is 1. The molecule has 0 saturated carbocycles. The Morgan fingerprint density at radius 3 is 2.63 bits per heavy atom. The smallest absolute Gasteiger partial charge is 0.242 e. The van der Waals surface area contributed by atoms with Crippen molar-refractivity contribution in [2.45, 2.75) is 24.8 Å². The lowest BCUT2D eigenvalue weighted by Gasteiger charge is -2.20. The van der Waals surface area contributed by atoms with Crippen LogP contribution in [0, 0.1) is 5.92 Å². The van der Waals surface area contributed by atoms with Crippen LogP contribution < -0.4 is 10.5 Å². The van der Waals surface area contributed by atoms with Gasteiger partial charge in [0.15, 0.2) is 5.84 Å². The van der Waals surface area contributed by atoms with Crippen molar-refractivity contribution in [1.82, 2.24) is 9.71 Å². The molecule has 0 aliphatic carbocycles. The first-order chi connectivity index (χ1) is 8.77. The van der Waals surface area contributed by atoms with E-state index in [0.717, 1.165) is 0 Å². The Bertz CT molecular complexity index is 574. The molecule has 0 amide bonds. The number of amidine groups is 1. The van der Waals surface area contributed by atoms with Crippen LogP contribution in [0.15, 0.2) is 33.0 Å². The highest BCUT2D eigenvalue weighted by molar-refractivity contribution is 9.10. The summed E-state index contributed by atoms with van der Waals surface area (Å²) in [6.45, 7) is 3.51. The quantitative estimate of drug-likeness (QED) is 0.315. The molecule has 0 aromatic carbocycles. The molecule has 1 unspecified atom stereocenters. The molecule has 1 rings (SSSR count). The third kappa shape index (κ3) is 4.15. The van der Waals surface area contributed by atoms with Gasteiger partial charge in [0.25, 0.3) is 0 Å². The molecular weight excluding hydrogens is 336 g/mol. The number of nitrogens with two attached hydrogens (primary N) is 1. The highest BCUT2D eigenvalue weighted by atomic mass is 79.9. The first kappa shape index (κ1) is 15.9. The number of hydrogen-bond donors (Lipinski definition) is 3. The lowest BCUT2D eigenvalue weighted by Crippen LogP contribution is -2.47. The summed E-state index contributed by atoms with van der Waals surface area (Å²) in [7, 11) is -3.80. The summed E-state index contributed by atoms with van der Waals surface area (Å²) in [6.07, 6.45) is 2.69. The number of nitrogens with zero attached hydrogens (tertiary/aromatic N) is 2. The normalized spacial score (nSPS) is 14.6. The van der Waals surface area contributed by atoms with Gasteiger partial charge in [-0.2, -0.15) is 0 Å². The molecule has 0 saturated heterocycles. The van der Waals surface area contributed by atoms with E-state index in [4.69, 9.17) is 10.9 Å². The van der Waals surface area contributed by atoms with Gasteiger partial charge in [0.05, 0.1) is 6.04 Å². The fraction of sp³-hybridized carbons (Fsp3) is 0.400. The average molecular weight is 351 g/mol. The molecule has 1 aromatic rings. The largest absolute Gasteiger partial charge is 0.409 e. The van der Waals surface area contributed by atoms with Crippen molar-refractivity contribution in [3.8, 4) is 0 Å². The van der Waals surface area contributed by atoms with E-state index in [-0.39, 0.29) is 16.6 Å². The van der Waals surface area contributed by atoms with E-state index in [1.165, 1.54) is 18.5 Å². The summed E-state index contributed by atoms with van der Waals surface area (Å²) in [6, 6.07) is 0.618. The van der Waals surface area contributed by atoms with Crippen LogP contribution in [0.3, 0.4) is 0 Å². The summed E-state index contributed by atoms with van der Waals surface area (Å²) < 4.78 is 27.2. The topological polar surface area (TPSA) is 118 Å². The Labute approximate surface area is 120 Å². The third-order valence-electron chi connectivity index (χ3n) is 2.37. The molecule has 7 nitrogen and oxygen atoms in total. The molecule has 1 atom stereocenters. The van der Waals surface area contributed by atoms with Gasteiger partial charge in [-0.3, -0.25) is 4.98 Å². The molecule has 9 heteroatoms. The van der Waals surface area contributed by atoms with Crippen LogP contribution in [0.1, 0.15) is 13.8 Å². The highest BCUT2D eigenvalue weighted by Crippen LogP contribution is 2.15. The van der Waals surface area contributed by atoms with E-state index < -0.39 is 16.1 Å². The molecule has 1 aromatic heterocycles. The number of hydrogen-bond acceptors (Lipinski definition) is 5. The fourth-order valence-corrected chi connectivity index (χ4v) is 3.24. The van der Waals surface area contributed by atoms with Gasteiger partial charge in [-0.05, 0) is 27.9 Å². The van der Waals surface area contributed by atoms with Gasteiger partial charge in [-0.15, -0.1) is 0 Å². The number of aromatic nitrogens is 1. The molecule has 1 heterocycles. The van der Waals surface area contributed by atoms with Crippen molar-refractivity contribution in [2.75, 3.05) is 0 Å². The molecule has 0 fully saturated rings. The lowest BCUT2D eigenvalue weighted by molar-refractivity contribution is 0.313. The second-order valence-electron chi connectivity index (χ2n) is 4.21. The van der Waals surface area contributed by atoms with Gasteiger partial charge >= 0.3 is 0 Å². The second kappa shape index (κ2) is 6.31. The Kier molecular flexibility index (Phi) is 5.27. The SMILES string of the molecule is CC(C)C(NS(=O)(=O)c1cncc(Br)c1)C(N)=NO. The summed E-state index contributed by atoms with van der Waals surface area (Å²) in [4.78, 5) is 3.79.